The van der Waals surface area contributed by atoms with Gasteiger partial charge in [0, 0.05) is 0 Å². The van der Waals surface area contributed by atoms with Gasteiger partial charge in [0.2, 0.25) is 0 Å². The van der Waals surface area contributed by atoms with Gasteiger partial charge in [-0.2, -0.15) is 0 Å². The molecule has 0 aliphatic carbocycles. The molecule has 0 N–H and O–H groups in total. The number of fused-ring (bicyclic) bond motifs is 4. The molecule has 0 saturated heterocycles. The summed E-state index contributed by atoms with van der Waals surface area (Å²) in [4.78, 5) is 0. The van der Waals surface area contributed by atoms with E-state index in [1.807, 2.05) is 0 Å². The first-order valence-corrected chi connectivity index (χ1v) is 13.9. The zero-order chi connectivity index (χ0) is 26.5. The molecule has 0 aliphatic heterocycles. The van der Waals surface area contributed by atoms with Crippen molar-refractivity contribution in [2.24, 2.45) is 0 Å². The minimum atomic E-state index is 1.25. The first kappa shape index (κ1) is 22.8. The van der Waals surface area contributed by atoms with E-state index in [1.54, 1.807) is 0 Å². The maximum Gasteiger partial charge on any atom is -0.00201 e. The fraction of sp³-hybridized carbons (Fsp3) is 0. The summed E-state index contributed by atoms with van der Waals surface area (Å²) in [7, 11) is 0. The summed E-state index contributed by atoms with van der Waals surface area (Å²) in [6.45, 7) is 0. The summed E-state index contributed by atoms with van der Waals surface area (Å²) < 4.78 is 0. The molecule has 0 unspecified atom stereocenters. The van der Waals surface area contributed by atoms with Crippen molar-refractivity contribution in [1.82, 2.24) is 0 Å². The molecule has 0 radical (unpaired) electrons. The Balaban J connectivity index is 1.42. The highest BCUT2D eigenvalue weighted by Gasteiger charge is 2.17. The smallest absolute Gasteiger partial charge is 0.00201 e. The molecule has 8 aromatic rings. The van der Waals surface area contributed by atoms with Crippen LogP contribution in [0.4, 0.5) is 0 Å². The summed E-state index contributed by atoms with van der Waals surface area (Å²) >= 11 is 0. The molecule has 0 nitrogen and oxygen atoms in total. The lowest BCUT2D eigenvalue weighted by Gasteiger charge is -2.19. The highest BCUT2D eigenvalue weighted by atomic mass is 14.2. The van der Waals surface area contributed by atoms with Gasteiger partial charge in [-0.1, -0.05) is 152 Å². The van der Waals surface area contributed by atoms with E-state index in [-0.39, 0.29) is 0 Å². The third-order valence-electron chi connectivity index (χ3n) is 8.24. The van der Waals surface area contributed by atoms with Crippen LogP contribution in [0.25, 0.3) is 76.5 Å². The van der Waals surface area contributed by atoms with E-state index >= 15 is 0 Å². The van der Waals surface area contributed by atoms with Crippen LogP contribution in [0, 0.1) is 0 Å². The van der Waals surface area contributed by atoms with Gasteiger partial charge in [-0.25, -0.2) is 0 Å². The molecule has 0 spiro atoms. The van der Waals surface area contributed by atoms with E-state index in [4.69, 9.17) is 0 Å². The standard InChI is InChI=1S/C40H26/c1-2-13-28(14-3-1)39-35-18-6-8-20-37(35)40(38-21-9-7-19-36(38)39)34-23-11-16-29-26-30(24-25-33(29)34)32-22-10-15-27-12-4-5-17-31(27)32/h1-26H. The van der Waals surface area contributed by atoms with Crippen LogP contribution in [0.15, 0.2) is 158 Å². The quantitative estimate of drug-likeness (QED) is 0.209. The van der Waals surface area contributed by atoms with E-state index in [0.717, 1.165) is 0 Å². The normalized spacial score (nSPS) is 11.5. The Bertz CT molecular complexity index is 2140. The molecule has 0 aliphatic rings. The van der Waals surface area contributed by atoms with Gasteiger partial charge in [-0.05, 0) is 82.5 Å². The van der Waals surface area contributed by atoms with Crippen molar-refractivity contribution in [3.8, 4) is 33.4 Å². The van der Waals surface area contributed by atoms with Gasteiger partial charge in [0.1, 0.15) is 0 Å². The minimum Gasteiger partial charge on any atom is -0.0622 e. The van der Waals surface area contributed by atoms with Crippen molar-refractivity contribution in [2.45, 2.75) is 0 Å². The second-order valence-electron chi connectivity index (χ2n) is 10.5. The van der Waals surface area contributed by atoms with Gasteiger partial charge in [-0.15, -0.1) is 0 Å². The molecule has 0 heterocycles. The summed E-state index contributed by atoms with van der Waals surface area (Å²) in [5.74, 6) is 0. The molecular formula is C40H26. The van der Waals surface area contributed by atoms with Gasteiger partial charge in [0.05, 0.1) is 0 Å². The third-order valence-corrected chi connectivity index (χ3v) is 8.24. The maximum absolute atomic E-state index is 2.35. The molecule has 0 amide bonds. The van der Waals surface area contributed by atoms with Crippen LogP contribution in [-0.4, -0.2) is 0 Å². The maximum atomic E-state index is 2.35. The Kier molecular flexibility index (Phi) is 5.24. The SMILES string of the molecule is c1ccc(-c2c3ccccc3c(-c3cccc4cc(-c5cccc6ccccc56)ccc34)c3ccccc23)cc1. The monoisotopic (exact) mass is 506 g/mol. The second-order valence-corrected chi connectivity index (χ2v) is 10.5. The lowest BCUT2D eigenvalue weighted by atomic mass is 9.84. The van der Waals surface area contributed by atoms with Crippen molar-refractivity contribution >= 4 is 43.1 Å². The number of hydrogen-bond acceptors (Lipinski definition) is 0. The Morgan fingerprint density at radius 2 is 0.750 bits per heavy atom. The molecule has 0 saturated carbocycles. The van der Waals surface area contributed by atoms with Crippen molar-refractivity contribution in [3.05, 3.63) is 158 Å². The summed E-state index contributed by atoms with van der Waals surface area (Å²) in [6.07, 6.45) is 0. The third kappa shape index (κ3) is 3.54. The van der Waals surface area contributed by atoms with Crippen LogP contribution < -0.4 is 0 Å². The fourth-order valence-corrected chi connectivity index (χ4v) is 6.48. The van der Waals surface area contributed by atoms with Crippen molar-refractivity contribution in [3.63, 3.8) is 0 Å². The lowest BCUT2D eigenvalue weighted by molar-refractivity contribution is 1.66. The topological polar surface area (TPSA) is 0 Å². The lowest BCUT2D eigenvalue weighted by Crippen LogP contribution is -1.91. The van der Waals surface area contributed by atoms with Gasteiger partial charge in [0.25, 0.3) is 0 Å². The number of benzene rings is 8. The van der Waals surface area contributed by atoms with Gasteiger partial charge in [0.15, 0.2) is 0 Å². The van der Waals surface area contributed by atoms with Crippen molar-refractivity contribution < 1.29 is 0 Å². The van der Waals surface area contributed by atoms with Crippen LogP contribution in [0.2, 0.25) is 0 Å². The summed E-state index contributed by atoms with van der Waals surface area (Å²) in [5.41, 5.74) is 7.64. The molecule has 0 bridgehead atoms. The Morgan fingerprint density at radius 1 is 0.250 bits per heavy atom. The number of rotatable bonds is 3. The van der Waals surface area contributed by atoms with Crippen molar-refractivity contribution in [1.29, 1.82) is 0 Å². The van der Waals surface area contributed by atoms with Gasteiger partial charge < -0.3 is 0 Å². The van der Waals surface area contributed by atoms with E-state index in [0.29, 0.717) is 0 Å². The largest absolute Gasteiger partial charge is 0.0622 e. The molecular weight excluding hydrogens is 480 g/mol. The average molecular weight is 507 g/mol. The molecule has 40 heavy (non-hydrogen) atoms. The fourth-order valence-electron chi connectivity index (χ4n) is 6.48. The van der Waals surface area contributed by atoms with E-state index in [2.05, 4.69) is 158 Å². The average Bonchev–Trinajstić information content (AvgIpc) is 3.03. The molecule has 0 aromatic heterocycles. The zero-order valence-electron chi connectivity index (χ0n) is 22.0. The molecule has 0 heteroatoms. The Hall–Kier alpha value is -5.20. The second kappa shape index (κ2) is 9.22. The predicted molar refractivity (Wildman–Crippen MR) is 173 cm³/mol. The van der Waals surface area contributed by atoms with E-state index in [1.165, 1.54) is 76.5 Å². The van der Waals surface area contributed by atoms with Crippen LogP contribution in [0.3, 0.4) is 0 Å². The van der Waals surface area contributed by atoms with Gasteiger partial charge >= 0.3 is 0 Å². The zero-order valence-corrected chi connectivity index (χ0v) is 22.0. The molecule has 186 valence electrons. The highest BCUT2D eigenvalue weighted by molar-refractivity contribution is 6.23. The summed E-state index contributed by atoms with van der Waals surface area (Å²) in [6, 6.07) is 57.5. The Morgan fingerprint density at radius 3 is 1.45 bits per heavy atom. The first-order valence-electron chi connectivity index (χ1n) is 13.9. The van der Waals surface area contributed by atoms with Crippen LogP contribution in [-0.2, 0) is 0 Å². The molecule has 0 fully saturated rings. The minimum absolute atomic E-state index is 1.25. The van der Waals surface area contributed by atoms with Crippen LogP contribution >= 0.6 is 0 Å². The molecule has 8 aromatic carbocycles. The molecule has 8 rings (SSSR count). The van der Waals surface area contributed by atoms with Crippen LogP contribution in [0.1, 0.15) is 0 Å². The van der Waals surface area contributed by atoms with E-state index < -0.39 is 0 Å². The first-order chi connectivity index (χ1) is 19.9. The number of hydrogen-bond donors (Lipinski definition) is 0. The molecule has 0 atom stereocenters. The Labute approximate surface area is 233 Å². The van der Waals surface area contributed by atoms with Crippen LogP contribution in [0.5, 0.6) is 0 Å². The van der Waals surface area contributed by atoms with Crippen molar-refractivity contribution in [2.75, 3.05) is 0 Å². The predicted octanol–water partition coefficient (Wildman–Crippen LogP) is 11.3. The summed E-state index contributed by atoms with van der Waals surface area (Å²) in [5, 5.41) is 10.2. The van der Waals surface area contributed by atoms with E-state index in [9.17, 15) is 0 Å². The highest BCUT2D eigenvalue weighted by Crippen LogP contribution is 2.45. The van der Waals surface area contributed by atoms with Gasteiger partial charge in [-0.3, -0.25) is 0 Å².